The number of hydrogen-bond acceptors (Lipinski definition) is 3. The van der Waals surface area contributed by atoms with Crippen LogP contribution in [0.3, 0.4) is 0 Å². The Balaban J connectivity index is 2.10. The lowest BCUT2D eigenvalue weighted by molar-refractivity contribution is 0.148. The molecule has 0 spiro atoms. The van der Waals surface area contributed by atoms with Crippen LogP contribution in [-0.2, 0) is 11.3 Å². The summed E-state index contributed by atoms with van der Waals surface area (Å²) in [5, 5.41) is 3.32. The summed E-state index contributed by atoms with van der Waals surface area (Å²) in [6.45, 7) is 7.15. The fraction of sp³-hybridized carbons (Fsp3) is 0.571. The van der Waals surface area contributed by atoms with Crippen LogP contribution in [0.15, 0.2) is 24.3 Å². The first-order chi connectivity index (χ1) is 8.72. The molecule has 0 fully saturated rings. The second-order valence-corrected chi connectivity index (χ2v) is 4.31. The molecular formula is C14H23FN2O. The number of hydrogen-bond donors (Lipinski definition) is 1. The smallest absolute Gasteiger partial charge is 0.123 e. The summed E-state index contributed by atoms with van der Waals surface area (Å²) in [7, 11) is 2.06. The third-order valence-corrected chi connectivity index (χ3v) is 2.66. The van der Waals surface area contributed by atoms with Crippen LogP contribution in [-0.4, -0.2) is 44.8 Å². The molecule has 1 aromatic carbocycles. The van der Waals surface area contributed by atoms with Gasteiger partial charge in [0.05, 0.1) is 6.61 Å². The number of halogens is 1. The van der Waals surface area contributed by atoms with Crippen LogP contribution in [0.5, 0.6) is 0 Å². The number of nitrogens with zero attached hydrogens (tertiary/aromatic N) is 1. The number of likely N-dealkylation sites (N-methyl/N-ethyl adjacent to an activating group) is 1. The van der Waals surface area contributed by atoms with E-state index in [-0.39, 0.29) is 5.82 Å². The first kappa shape index (κ1) is 15.1. The molecule has 1 aromatic rings. The quantitative estimate of drug-likeness (QED) is 0.681. The molecule has 4 heteroatoms. The van der Waals surface area contributed by atoms with Gasteiger partial charge in [-0.3, -0.25) is 0 Å². The van der Waals surface area contributed by atoms with Crippen molar-refractivity contribution in [2.45, 2.75) is 13.5 Å². The molecule has 0 heterocycles. The first-order valence-electron chi connectivity index (χ1n) is 6.44. The molecule has 0 atom stereocenters. The van der Waals surface area contributed by atoms with Crippen LogP contribution in [0.1, 0.15) is 12.5 Å². The largest absolute Gasteiger partial charge is 0.380 e. The average molecular weight is 254 g/mol. The molecule has 0 saturated heterocycles. The minimum atomic E-state index is -0.181. The lowest BCUT2D eigenvalue weighted by Crippen LogP contribution is -2.30. The van der Waals surface area contributed by atoms with Gasteiger partial charge in [0.2, 0.25) is 0 Å². The number of rotatable bonds is 9. The molecule has 1 N–H and O–H groups in total. The Labute approximate surface area is 109 Å². The highest BCUT2D eigenvalue weighted by Crippen LogP contribution is 2.04. The topological polar surface area (TPSA) is 24.5 Å². The Bertz CT molecular complexity index is 316. The van der Waals surface area contributed by atoms with Gasteiger partial charge in [0, 0.05) is 32.8 Å². The Morgan fingerprint density at radius 2 is 1.94 bits per heavy atom. The highest BCUT2D eigenvalue weighted by molar-refractivity contribution is 5.15. The summed E-state index contributed by atoms with van der Waals surface area (Å²) in [6, 6.07) is 6.66. The predicted molar refractivity (Wildman–Crippen MR) is 72.1 cm³/mol. The third kappa shape index (κ3) is 6.69. The predicted octanol–water partition coefficient (Wildman–Crippen LogP) is 1.88. The summed E-state index contributed by atoms with van der Waals surface area (Å²) >= 11 is 0. The van der Waals surface area contributed by atoms with Crippen LogP contribution in [0.25, 0.3) is 0 Å². The maximum Gasteiger partial charge on any atom is 0.123 e. The van der Waals surface area contributed by atoms with Gasteiger partial charge >= 0.3 is 0 Å². The van der Waals surface area contributed by atoms with E-state index in [0.717, 1.165) is 45.0 Å². The summed E-state index contributed by atoms with van der Waals surface area (Å²) in [5.41, 5.74) is 1.13. The fourth-order valence-electron chi connectivity index (χ4n) is 1.66. The van der Waals surface area contributed by atoms with E-state index in [1.54, 1.807) is 0 Å². The van der Waals surface area contributed by atoms with Gasteiger partial charge in [0.15, 0.2) is 0 Å². The van der Waals surface area contributed by atoms with Crippen molar-refractivity contribution in [3.8, 4) is 0 Å². The van der Waals surface area contributed by atoms with E-state index >= 15 is 0 Å². The van der Waals surface area contributed by atoms with Gasteiger partial charge in [-0.15, -0.1) is 0 Å². The lowest BCUT2D eigenvalue weighted by Gasteiger charge is -2.17. The van der Waals surface area contributed by atoms with Gasteiger partial charge in [-0.25, -0.2) is 4.39 Å². The van der Waals surface area contributed by atoms with Crippen molar-refractivity contribution in [1.82, 2.24) is 10.2 Å². The molecule has 3 nitrogen and oxygen atoms in total. The van der Waals surface area contributed by atoms with Gasteiger partial charge in [0.25, 0.3) is 0 Å². The van der Waals surface area contributed by atoms with E-state index in [4.69, 9.17) is 4.74 Å². The zero-order valence-corrected chi connectivity index (χ0v) is 11.3. The Kier molecular flexibility index (Phi) is 7.57. The van der Waals surface area contributed by atoms with Crippen molar-refractivity contribution < 1.29 is 9.13 Å². The van der Waals surface area contributed by atoms with Gasteiger partial charge in [-0.05, 0) is 31.7 Å². The molecule has 0 aliphatic rings. The van der Waals surface area contributed by atoms with Crippen LogP contribution in [0.4, 0.5) is 4.39 Å². The maximum absolute atomic E-state index is 12.7. The van der Waals surface area contributed by atoms with Gasteiger partial charge in [0.1, 0.15) is 5.82 Å². The lowest BCUT2D eigenvalue weighted by atomic mass is 10.2. The Morgan fingerprint density at radius 3 is 2.61 bits per heavy atom. The zero-order chi connectivity index (χ0) is 13.2. The number of nitrogens with one attached hydrogen (secondary N) is 1. The molecule has 0 amide bonds. The van der Waals surface area contributed by atoms with Crippen molar-refractivity contribution in [3.63, 3.8) is 0 Å². The van der Waals surface area contributed by atoms with Gasteiger partial charge in [-0.2, -0.15) is 0 Å². The van der Waals surface area contributed by atoms with E-state index in [1.165, 1.54) is 12.1 Å². The van der Waals surface area contributed by atoms with Crippen molar-refractivity contribution in [2.24, 2.45) is 0 Å². The molecule has 18 heavy (non-hydrogen) atoms. The van der Waals surface area contributed by atoms with E-state index in [1.807, 2.05) is 19.1 Å². The van der Waals surface area contributed by atoms with Crippen molar-refractivity contribution in [1.29, 1.82) is 0 Å². The highest BCUT2D eigenvalue weighted by Gasteiger charge is 2.00. The summed E-state index contributed by atoms with van der Waals surface area (Å²) in [5.74, 6) is -0.181. The molecule has 0 radical (unpaired) electrons. The monoisotopic (exact) mass is 254 g/mol. The number of ether oxygens (including phenoxy) is 1. The van der Waals surface area contributed by atoms with Gasteiger partial charge < -0.3 is 15.0 Å². The molecule has 0 bridgehead atoms. The van der Waals surface area contributed by atoms with Crippen molar-refractivity contribution >= 4 is 0 Å². The minimum absolute atomic E-state index is 0.181. The summed E-state index contributed by atoms with van der Waals surface area (Å²) in [6.07, 6.45) is 0. The van der Waals surface area contributed by atoms with Crippen LogP contribution in [0, 0.1) is 5.82 Å². The molecule has 0 unspecified atom stereocenters. The fourth-order valence-corrected chi connectivity index (χ4v) is 1.66. The van der Waals surface area contributed by atoms with E-state index < -0.39 is 0 Å². The second kappa shape index (κ2) is 9.03. The highest BCUT2D eigenvalue weighted by atomic mass is 19.1. The minimum Gasteiger partial charge on any atom is -0.380 e. The number of benzene rings is 1. The normalized spacial score (nSPS) is 11.1. The summed E-state index contributed by atoms with van der Waals surface area (Å²) in [4.78, 5) is 2.21. The first-order valence-corrected chi connectivity index (χ1v) is 6.44. The third-order valence-electron chi connectivity index (χ3n) is 2.66. The molecule has 1 rings (SSSR count). The average Bonchev–Trinajstić information content (AvgIpc) is 2.36. The molecule has 0 aliphatic carbocycles. The van der Waals surface area contributed by atoms with Crippen molar-refractivity contribution in [2.75, 3.05) is 39.9 Å². The van der Waals surface area contributed by atoms with Gasteiger partial charge in [-0.1, -0.05) is 12.1 Å². The zero-order valence-electron chi connectivity index (χ0n) is 11.3. The van der Waals surface area contributed by atoms with Crippen LogP contribution in [0.2, 0.25) is 0 Å². The van der Waals surface area contributed by atoms with E-state index in [0.29, 0.717) is 0 Å². The molecule has 0 saturated carbocycles. The summed E-state index contributed by atoms with van der Waals surface area (Å²) < 4.78 is 18.0. The van der Waals surface area contributed by atoms with E-state index in [2.05, 4.69) is 17.3 Å². The molecule has 102 valence electrons. The Hall–Kier alpha value is -0.970. The van der Waals surface area contributed by atoms with Crippen LogP contribution >= 0.6 is 0 Å². The molecule has 0 aliphatic heterocycles. The standard InChI is InChI=1S/C14H23FN2O/c1-3-18-11-9-16-8-10-17(2)12-13-4-6-14(15)7-5-13/h4-7,16H,3,8-12H2,1-2H3. The SMILES string of the molecule is CCOCCNCCN(C)Cc1ccc(F)cc1. The van der Waals surface area contributed by atoms with Crippen molar-refractivity contribution in [3.05, 3.63) is 35.6 Å². The molecular weight excluding hydrogens is 231 g/mol. The maximum atomic E-state index is 12.7. The van der Waals surface area contributed by atoms with E-state index in [9.17, 15) is 4.39 Å². The molecule has 0 aromatic heterocycles. The Morgan fingerprint density at radius 1 is 1.22 bits per heavy atom. The second-order valence-electron chi connectivity index (χ2n) is 4.31. The van der Waals surface area contributed by atoms with Crippen LogP contribution < -0.4 is 5.32 Å².